The molecule has 3 heteroatoms. The summed E-state index contributed by atoms with van der Waals surface area (Å²) in [6.07, 6.45) is 14.3. The summed E-state index contributed by atoms with van der Waals surface area (Å²) in [5.41, 5.74) is 0. The Morgan fingerprint density at radius 1 is 1.39 bits per heavy atom. The Morgan fingerprint density at radius 2 is 2.22 bits per heavy atom. The second-order valence-electron chi connectivity index (χ2n) is 4.75. The fourth-order valence-electron chi connectivity index (χ4n) is 2.45. The number of hydrogen-bond acceptors (Lipinski definition) is 3. The third kappa shape index (κ3) is 3.02. The molecular formula is C15H20O3. The largest absolute Gasteiger partial charge is 0.386 e. The van der Waals surface area contributed by atoms with Crippen LogP contribution in [0.25, 0.3) is 0 Å². The topological polar surface area (TPSA) is 38.7 Å². The maximum Gasteiger partial charge on any atom is 0.0984 e. The standard InChI is InChI=1S/C15H20O3/c1-3-5-6-7-13-15-10-14(18-13)12(16)9-8-11(4-2)17-15/h1,5-6,8-9,11-16H,4,7,10H2,2H3/b6-5-,9-8?/t11-,12?,13?,14-,15-/m1/s1. The third-order valence-electron chi connectivity index (χ3n) is 3.47. The highest BCUT2D eigenvalue weighted by Crippen LogP contribution is 2.31. The van der Waals surface area contributed by atoms with Gasteiger partial charge in [-0.2, -0.15) is 0 Å². The van der Waals surface area contributed by atoms with E-state index in [2.05, 4.69) is 12.8 Å². The van der Waals surface area contributed by atoms with E-state index in [1.54, 1.807) is 12.2 Å². The summed E-state index contributed by atoms with van der Waals surface area (Å²) >= 11 is 0. The number of terminal acetylenes is 1. The molecule has 0 amide bonds. The highest BCUT2D eigenvalue weighted by Gasteiger charge is 2.40. The van der Waals surface area contributed by atoms with Crippen LogP contribution in [0.2, 0.25) is 0 Å². The van der Waals surface area contributed by atoms with Gasteiger partial charge in [-0.05, 0) is 18.9 Å². The van der Waals surface area contributed by atoms with Crippen LogP contribution in [0.3, 0.4) is 0 Å². The lowest BCUT2D eigenvalue weighted by Gasteiger charge is -2.23. The fraction of sp³-hybridized carbons (Fsp3) is 0.600. The summed E-state index contributed by atoms with van der Waals surface area (Å²) in [7, 11) is 0. The van der Waals surface area contributed by atoms with Crippen LogP contribution in [-0.4, -0.2) is 35.6 Å². The average molecular weight is 248 g/mol. The molecule has 0 spiro atoms. The highest BCUT2D eigenvalue weighted by atomic mass is 16.6. The molecule has 1 saturated heterocycles. The smallest absolute Gasteiger partial charge is 0.0984 e. The minimum Gasteiger partial charge on any atom is -0.386 e. The highest BCUT2D eigenvalue weighted by molar-refractivity contribution is 5.10. The van der Waals surface area contributed by atoms with Crippen molar-refractivity contribution in [3.63, 3.8) is 0 Å². The first-order chi connectivity index (χ1) is 8.74. The summed E-state index contributed by atoms with van der Waals surface area (Å²) in [6, 6.07) is 0. The molecule has 5 atom stereocenters. The first kappa shape index (κ1) is 13.4. The summed E-state index contributed by atoms with van der Waals surface area (Å²) in [5, 5.41) is 9.99. The predicted molar refractivity (Wildman–Crippen MR) is 70.0 cm³/mol. The van der Waals surface area contributed by atoms with Crippen molar-refractivity contribution < 1.29 is 14.6 Å². The molecule has 0 radical (unpaired) electrons. The van der Waals surface area contributed by atoms with Gasteiger partial charge < -0.3 is 14.6 Å². The van der Waals surface area contributed by atoms with Gasteiger partial charge in [-0.1, -0.05) is 31.1 Å². The fourth-order valence-corrected chi connectivity index (χ4v) is 2.45. The van der Waals surface area contributed by atoms with Gasteiger partial charge in [0.25, 0.3) is 0 Å². The normalized spacial score (nSPS) is 39.5. The lowest BCUT2D eigenvalue weighted by molar-refractivity contribution is -0.0489. The van der Waals surface area contributed by atoms with Crippen molar-refractivity contribution in [3.8, 4) is 12.3 Å². The average Bonchev–Trinajstić information content (AvgIpc) is 2.77. The van der Waals surface area contributed by atoms with Crippen molar-refractivity contribution >= 4 is 0 Å². The molecule has 2 aliphatic rings. The minimum absolute atomic E-state index is 0.0109. The Bertz CT molecular complexity index is 366. The van der Waals surface area contributed by atoms with Crippen LogP contribution in [0.1, 0.15) is 26.2 Å². The Hall–Kier alpha value is -1.08. The van der Waals surface area contributed by atoms with Crippen LogP contribution in [0.15, 0.2) is 24.3 Å². The quantitative estimate of drug-likeness (QED) is 0.611. The Balaban J connectivity index is 2.05. The van der Waals surface area contributed by atoms with Crippen LogP contribution < -0.4 is 0 Å². The number of fused-ring (bicyclic) bond motifs is 2. The monoisotopic (exact) mass is 248 g/mol. The zero-order chi connectivity index (χ0) is 13.0. The van der Waals surface area contributed by atoms with E-state index in [9.17, 15) is 5.11 Å². The molecule has 0 aromatic rings. The van der Waals surface area contributed by atoms with Gasteiger partial charge in [0.2, 0.25) is 0 Å². The molecule has 0 aromatic heterocycles. The molecule has 1 fully saturated rings. The Morgan fingerprint density at radius 3 is 2.94 bits per heavy atom. The minimum atomic E-state index is -0.535. The van der Waals surface area contributed by atoms with Crippen molar-refractivity contribution in [2.75, 3.05) is 0 Å². The van der Waals surface area contributed by atoms with E-state index in [1.807, 2.05) is 12.2 Å². The molecule has 2 aliphatic heterocycles. The molecule has 0 aliphatic carbocycles. The van der Waals surface area contributed by atoms with Crippen LogP contribution in [0.5, 0.6) is 0 Å². The molecule has 18 heavy (non-hydrogen) atoms. The number of rotatable bonds is 3. The van der Waals surface area contributed by atoms with E-state index < -0.39 is 6.10 Å². The maximum atomic E-state index is 9.99. The van der Waals surface area contributed by atoms with Gasteiger partial charge in [0.1, 0.15) is 0 Å². The van der Waals surface area contributed by atoms with Gasteiger partial charge in [0.15, 0.2) is 0 Å². The Kier molecular flexibility index (Phi) is 4.60. The lowest BCUT2D eigenvalue weighted by atomic mass is 10.0. The van der Waals surface area contributed by atoms with Gasteiger partial charge in [-0.25, -0.2) is 0 Å². The zero-order valence-electron chi connectivity index (χ0n) is 10.7. The van der Waals surface area contributed by atoms with E-state index in [1.165, 1.54) is 0 Å². The van der Waals surface area contributed by atoms with Crippen molar-refractivity contribution in [1.29, 1.82) is 0 Å². The molecule has 0 aromatic carbocycles. The van der Waals surface area contributed by atoms with E-state index in [4.69, 9.17) is 15.9 Å². The number of hydrogen-bond donors (Lipinski definition) is 1. The molecule has 3 nitrogen and oxygen atoms in total. The van der Waals surface area contributed by atoms with Crippen molar-refractivity contribution in [1.82, 2.24) is 0 Å². The van der Waals surface area contributed by atoms with Crippen LogP contribution >= 0.6 is 0 Å². The first-order valence-electron chi connectivity index (χ1n) is 6.53. The third-order valence-corrected chi connectivity index (χ3v) is 3.47. The van der Waals surface area contributed by atoms with Gasteiger partial charge >= 0.3 is 0 Å². The van der Waals surface area contributed by atoms with Crippen LogP contribution in [0, 0.1) is 12.3 Å². The second-order valence-corrected chi connectivity index (χ2v) is 4.75. The number of aliphatic hydroxyl groups excluding tert-OH is 1. The van der Waals surface area contributed by atoms with E-state index in [-0.39, 0.29) is 24.4 Å². The predicted octanol–water partition coefficient (Wildman–Crippen LogP) is 1.82. The van der Waals surface area contributed by atoms with E-state index in [0.717, 1.165) is 19.3 Å². The van der Waals surface area contributed by atoms with Crippen LogP contribution in [0.4, 0.5) is 0 Å². The molecule has 1 N–H and O–H groups in total. The summed E-state index contributed by atoms with van der Waals surface area (Å²) in [6.45, 7) is 2.07. The number of aliphatic hydroxyl groups is 1. The lowest BCUT2D eigenvalue weighted by Crippen LogP contribution is -2.29. The maximum absolute atomic E-state index is 9.99. The molecule has 2 bridgehead atoms. The molecule has 0 saturated carbocycles. The van der Waals surface area contributed by atoms with Crippen molar-refractivity contribution in [2.45, 2.75) is 56.7 Å². The molecule has 2 rings (SSSR count). The van der Waals surface area contributed by atoms with E-state index in [0.29, 0.717) is 0 Å². The van der Waals surface area contributed by atoms with Gasteiger partial charge in [-0.15, -0.1) is 6.42 Å². The molecule has 2 unspecified atom stereocenters. The zero-order valence-corrected chi connectivity index (χ0v) is 10.7. The number of allylic oxidation sites excluding steroid dienone is 1. The number of ether oxygens (including phenoxy) is 2. The van der Waals surface area contributed by atoms with Crippen molar-refractivity contribution in [2.24, 2.45) is 0 Å². The SMILES string of the molecule is C#C/C=C\CC1O[C@@H]2C[C@H]1O[C@H](CC)C=CC2O. The Labute approximate surface area is 108 Å². The van der Waals surface area contributed by atoms with Gasteiger partial charge in [0.05, 0.1) is 30.5 Å². The van der Waals surface area contributed by atoms with Gasteiger partial charge in [-0.3, -0.25) is 0 Å². The molecule has 98 valence electrons. The van der Waals surface area contributed by atoms with Crippen molar-refractivity contribution in [3.05, 3.63) is 24.3 Å². The van der Waals surface area contributed by atoms with E-state index >= 15 is 0 Å². The first-order valence-corrected chi connectivity index (χ1v) is 6.53. The summed E-state index contributed by atoms with van der Waals surface area (Å²) < 4.78 is 11.9. The summed E-state index contributed by atoms with van der Waals surface area (Å²) in [4.78, 5) is 0. The molecule has 2 heterocycles. The van der Waals surface area contributed by atoms with Gasteiger partial charge in [0, 0.05) is 6.42 Å². The summed E-state index contributed by atoms with van der Waals surface area (Å²) in [5.74, 6) is 2.47. The second kappa shape index (κ2) is 6.19. The van der Waals surface area contributed by atoms with Crippen LogP contribution in [-0.2, 0) is 9.47 Å². The molecular weight excluding hydrogens is 228 g/mol.